The maximum absolute atomic E-state index is 11.8. The Morgan fingerprint density at radius 1 is 1.25 bits per heavy atom. The summed E-state index contributed by atoms with van der Waals surface area (Å²) < 4.78 is 0. The lowest BCUT2D eigenvalue weighted by Crippen LogP contribution is -2.54. The van der Waals surface area contributed by atoms with E-state index in [2.05, 4.69) is 46.3 Å². The Hall–Kier alpha value is -1.92. The molecule has 1 atom stereocenters. The van der Waals surface area contributed by atoms with Crippen molar-refractivity contribution in [2.75, 3.05) is 32.7 Å². The van der Waals surface area contributed by atoms with Crippen molar-refractivity contribution in [2.24, 2.45) is 0 Å². The molecule has 1 heterocycles. The van der Waals surface area contributed by atoms with Gasteiger partial charge in [0.05, 0.1) is 6.54 Å². The van der Waals surface area contributed by atoms with Crippen LogP contribution in [0.1, 0.15) is 25.3 Å². The smallest absolute Gasteiger partial charge is 0.322 e. The molecule has 1 amide bonds. The normalized spacial score (nSPS) is 19.1. The molecule has 0 saturated carbocycles. The first-order valence-electron chi connectivity index (χ1n) is 8.57. The van der Waals surface area contributed by atoms with Gasteiger partial charge in [0.25, 0.3) is 0 Å². The number of hydrogen-bond acceptors (Lipinski definition) is 4. The molecule has 24 heavy (non-hydrogen) atoms. The summed E-state index contributed by atoms with van der Waals surface area (Å²) in [6, 6.07) is 10.9. The molecular formula is C18H27N3O3. The van der Waals surface area contributed by atoms with Crippen LogP contribution < -0.4 is 5.32 Å². The van der Waals surface area contributed by atoms with Crippen LogP contribution in [0.25, 0.3) is 0 Å². The number of piperazine rings is 1. The van der Waals surface area contributed by atoms with Gasteiger partial charge in [0.1, 0.15) is 6.54 Å². The lowest BCUT2D eigenvalue weighted by Gasteiger charge is -2.41. The molecule has 1 saturated heterocycles. The number of rotatable bonds is 8. The van der Waals surface area contributed by atoms with Gasteiger partial charge in [0, 0.05) is 32.2 Å². The molecule has 0 bridgehead atoms. The van der Waals surface area contributed by atoms with E-state index in [0.717, 1.165) is 39.0 Å². The van der Waals surface area contributed by atoms with Crippen LogP contribution in [0.5, 0.6) is 0 Å². The lowest BCUT2D eigenvalue weighted by atomic mass is 10.1. The summed E-state index contributed by atoms with van der Waals surface area (Å²) in [6.07, 6.45) is 2.20. The monoisotopic (exact) mass is 333 g/mol. The van der Waals surface area contributed by atoms with Crippen LogP contribution >= 0.6 is 0 Å². The zero-order chi connectivity index (χ0) is 17.4. The Labute approximate surface area is 143 Å². The Bertz CT molecular complexity index is 536. The summed E-state index contributed by atoms with van der Waals surface area (Å²) >= 11 is 0. The quantitative estimate of drug-likeness (QED) is 0.747. The first-order valence-corrected chi connectivity index (χ1v) is 8.57. The molecule has 0 spiro atoms. The van der Waals surface area contributed by atoms with Crippen molar-refractivity contribution in [3.8, 4) is 0 Å². The van der Waals surface area contributed by atoms with E-state index < -0.39 is 5.97 Å². The van der Waals surface area contributed by atoms with E-state index >= 15 is 0 Å². The van der Waals surface area contributed by atoms with Gasteiger partial charge in [0.2, 0.25) is 5.91 Å². The SMILES string of the molecule is CCCC1CN(CC(=O)NCC(=O)O)CCN1Cc1ccccc1. The molecule has 1 aromatic rings. The van der Waals surface area contributed by atoms with Gasteiger partial charge in [0.15, 0.2) is 0 Å². The molecule has 6 heteroatoms. The van der Waals surface area contributed by atoms with E-state index in [9.17, 15) is 9.59 Å². The summed E-state index contributed by atoms with van der Waals surface area (Å²) in [5, 5.41) is 11.1. The van der Waals surface area contributed by atoms with Gasteiger partial charge in [-0.3, -0.25) is 19.4 Å². The number of carboxylic acids is 1. The number of nitrogens with one attached hydrogen (secondary N) is 1. The second-order valence-electron chi connectivity index (χ2n) is 6.30. The number of carbonyl (C=O) groups excluding carboxylic acids is 1. The van der Waals surface area contributed by atoms with Crippen LogP contribution in [-0.4, -0.2) is 65.5 Å². The summed E-state index contributed by atoms with van der Waals surface area (Å²) in [7, 11) is 0. The van der Waals surface area contributed by atoms with E-state index in [0.29, 0.717) is 6.04 Å². The minimum atomic E-state index is -1.01. The Balaban J connectivity index is 1.87. The standard InChI is InChI=1S/C18H27N3O3/c1-2-6-16-13-20(14-17(22)19-11-18(23)24)9-10-21(16)12-15-7-4-3-5-8-15/h3-5,7-8,16H,2,6,9-14H2,1H3,(H,19,22)(H,23,24). The van der Waals surface area contributed by atoms with Crippen LogP contribution in [0.4, 0.5) is 0 Å². The first kappa shape index (κ1) is 18.4. The number of carboxylic acid groups (broad SMARTS) is 1. The molecule has 6 nitrogen and oxygen atoms in total. The highest BCUT2D eigenvalue weighted by Gasteiger charge is 2.27. The van der Waals surface area contributed by atoms with Gasteiger partial charge in [-0.25, -0.2) is 0 Å². The molecule has 0 aromatic heterocycles. The van der Waals surface area contributed by atoms with Crippen molar-refractivity contribution in [1.82, 2.24) is 15.1 Å². The molecule has 1 aliphatic heterocycles. The second-order valence-corrected chi connectivity index (χ2v) is 6.30. The molecule has 1 fully saturated rings. The van der Waals surface area contributed by atoms with Crippen LogP contribution in [-0.2, 0) is 16.1 Å². The van der Waals surface area contributed by atoms with Gasteiger partial charge in [-0.1, -0.05) is 43.7 Å². The maximum Gasteiger partial charge on any atom is 0.322 e. The minimum Gasteiger partial charge on any atom is -0.480 e. The number of amides is 1. The average Bonchev–Trinajstić information content (AvgIpc) is 2.56. The van der Waals surface area contributed by atoms with Crippen LogP contribution in [0.2, 0.25) is 0 Å². The van der Waals surface area contributed by atoms with Crippen molar-refractivity contribution in [1.29, 1.82) is 0 Å². The van der Waals surface area contributed by atoms with Gasteiger partial charge in [-0.15, -0.1) is 0 Å². The Kier molecular flexibility index (Phi) is 7.21. The summed E-state index contributed by atoms with van der Waals surface area (Å²) in [4.78, 5) is 27.0. The molecule has 132 valence electrons. The first-order chi connectivity index (χ1) is 11.6. The molecule has 0 aliphatic carbocycles. The summed E-state index contributed by atoms with van der Waals surface area (Å²) in [6.45, 7) is 5.67. The van der Waals surface area contributed by atoms with Crippen molar-refractivity contribution >= 4 is 11.9 Å². The van der Waals surface area contributed by atoms with Gasteiger partial charge in [-0.05, 0) is 12.0 Å². The highest BCUT2D eigenvalue weighted by atomic mass is 16.4. The minimum absolute atomic E-state index is 0.218. The third kappa shape index (κ3) is 5.94. The number of aliphatic carboxylic acids is 1. The molecule has 1 unspecified atom stereocenters. The van der Waals surface area contributed by atoms with Crippen molar-refractivity contribution in [3.05, 3.63) is 35.9 Å². The van der Waals surface area contributed by atoms with Gasteiger partial charge < -0.3 is 10.4 Å². The van der Waals surface area contributed by atoms with Crippen molar-refractivity contribution < 1.29 is 14.7 Å². The third-order valence-corrected chi connectivity index (χ3v) is 4.34. The largest absolute Gasteiger partial charge is 0.480 e. The number of nitrogens with zero attached hydrogens (tertiary/aromatic N) is 2. The second kappa shape index (κ2) is 9.39. The number of benzene rings is 1. The molecule has 1 aliphatic rings. The fourth-order valence-electron chi connectivity index (χ4n) is 3.17. The molecule has 2 rings (SSSR count). The van der Waals surface area contributed by atoms with Crippen LogP contribution in [0.15, 0.2) is 30.3 Å². The molecule has 1 aromatic carbocycles. The summed E-state index contributed by atoms with van der Waals surface area (Å²) in [5.41, 5.74) is 1.31. The van der Waals surface area contributed by atoms with Gasteiger partial charge in [-0.2, -0.15) is 0 Å². The van der Waals surface area contributed by atoms with Gasteiger partial charge >= 0.3 is 5.97 Å². The number of hydrogen-bond donors (Lipinski definition) is 2. The predicted molar refractivity (Wildman–Crippen MR) is 92.6 cm³/mol. The van der Waals surface area contributed by atoms with Crippen LogP contribution in [0.3, 0.4) is 0 Å². The highest BCUT2D eigenvalue weighted by Crippen LogP contribution is 2.17. The highest BCUT2D eigenvalue weighted by molar-refractivity contribution is 5.82. The lowest BCUT2D eigenvalue weighted by molar-refractivity contribution is -0.138. The van der Waals surface area contributed by atoms with Crippen molar-refractivity contribution in [2.45, 2.75) is 32.4 Å². The molecular weight excluding hydrogens is 306 g/mol. The molecule has 2 N–H and O–H groups in total. The van der Waals surface area contributed by atoms with Crippen LogP contribution in [0, 0.1) is 0 Å². The topological polar surface area (TPSA) is 72.9 Å². The van der Waals surface area contributed by atoms with E-state index in [1.165, 1.54) is 5.56 Å². The Morgan fingerprint density at radius 2 is 2.00 bits per heavy atom. The third-order valence-electron chi connectivity index (χ3n) is 4.34. The fraction of sp³-hybridized carbons (Fsp3) is 0.556. The average molecular weight is 333 g/mol. The predicted octanol–water partition coefficient (Wildman–Crippen LogP) is 1.17. The Morgan fingerprint density at radius 3 is 2.67 bits per heavy atom. The van der Waals surface area contributed by atoms with Crippen molar-refractivity contribution in [3.63, 3.8) is 0 Å². The zero-order valence-electron chi connectivity index (χ0n) is 14.3. The zero-order valence-corrected chi connectivity index (χ0v) is 14.3. The number of carbonyl (C=O) groups is 2. The van der Waals surface area contributed by atoms with E-state index in [-0.39, 0.29) is 19.0 Å². The molecule has 0 radical (unpaired) electrons. The van der Waals surface area contributed by atoms with E-state index in [4.69, 9.17) is 5.11 Å². The maximum atomic E-state index is 11.8. The fourth-order valence-corrected chi connectivity index (χ4v) is 3.17. The summed E-state index contributed by atoms with van der Waals surface area (Å²) in [5.74, 6) is -1.23. The van der Waals surface area contributed by atoms with E-state index in [1.807, 2.05) is 6.07 Å². The van der Waals surface area contributed by atoms with E-state index in [1.54, 1.807) is 0 Å².